The van der Waals surface area contributed by atoms with Crippen LogP contribution in [-0.2, 0) is 9.59 Å². The van der Waals surface area contributed by atoms with Crippen LogP contribution in [-0.4, -0.2) is 28.1 Å². The van der Waals surface area contributed by atoms with E-state index < -0.39 is 5.97 Å². The highest BCUT2D eigenvalue weighted by Crippen LogP contribution is 2.70. The van der Waals surface area contributed by atoms with Gasteiger partial charge < -0.3 is 10.2 Å². The highest BCUT2D eigenvalue weighted by atomic mass is 16.4. The van der Waals surface area contributed by atoms with E-state index >= 15 is 0 Å². The van der Waals surface area contributed by atoms with E-state index in [0.717, 1.165) is 44.9 Å². The molecule has 0 saturated heterocycles. The monoisotopic (exact) mass is 404 g/mol. The van der Waals surface area contributed by atoms with Crippen molar-refractivity contribution >= 4 is 11.8 Å². The number of hydrogen-bond donors (Lipinski definition) is 2. The number of aliphatic carboxylic acids is 1. The molecule has 9 atom stereocenters. The largest absolute Gasteiger partial charge is 0.481 e. The Hall–Kier alpha value is -0.900. The van der Waals surface area contributed by atoms with Crippen LogP contribution < -0.4 is 0 Å². The Kier molecular flexibility index (Phi) is 5.20. The van der Waals surface area contributed by atoms with Gasteiger partial charge in [0.15, 0.2) is 0 Å². The molecule has 4 aliphatic rings. The second kappa shape index (κ2) is 7.07. The van der Waals surface area contributed by atoms with Gasteiger partial charge in [0.2, 0.25) is 0 Å². The van der Waals surface area contributed by atoms with Gasteiger partial charge >= 0.3 is 5.97 Å². The number of carboxylic acid groups (broad SMARTS) is 1. The van der Waals surface area contributed by atoms with E-state index in [-0.39, 0.29) is 34.7 Å². The summed E-state index contributed by atoms with van der Waals surface area (Å²) in [5, 5.41) is 19.4. The van der Waals surface area contributed by atoms with Gasteiger partial charge in [-0.25, -0.2) is 0 Å². The van der Waals surface area contributed by atoms with Crippen molar-refractivity contribution < 1.29 is 19.8 Å². The standard InChI is InChI=1S/C25H40O4/c1-15(5-8-21(28)29)17-6-7-18-22-19(10-11-24(17,18)3)25(4)12-9-16(26)13-23(25,2)14-20(22)27/h15-19,22,26H,5-14H2,1-4H3,(H,28,29)/t15-,16-,17-,18?,19?,22?,23+,24-,25-/m1/s1. The summed E-state index contributed by atoms with van der Waals surface area (Å²) in [5.74, 6) is 1.79. The highest BCUT2D eigenvalue weighted by molar-refractivity contribution is 5.84. The number of fused-ring (bicyclic) bond motifs is 5. The van der Waals surface area contributed by atoms with E-state index in [1.165, 1.54) is 6.42 Å². The second-order valence-electron chi connectivity index (χ2n) is 11.9. The topological polar surface area (TPSA) is 74.6 Å². The average Bonchev–Trinajstić information content (AvgIpc) is 2.98. The van der Waals surface area contributed by atoms with Crippen LogP contribution in [0.2, 0.25) is 0 Å². The predicted octanol–water partition coefficient (Wildman–Crippen LogP) is 5.08. The molecule has 4 rings (SSSR count). The molecule has 0 amide bonds. The summed E-state index contributed by atoms with van der Waals surface area (Å²) in [6, 6.07) is 0. The van der Waals surface area contributed by atoms with Crippen LogP contribution in [0.25, 0.3) is 0 Å². The van der Waals surface area contributed by atoms with Crippen molar-refractivity contribution in [2.24, 2.45) is 45.8 Å². The summed E-state index contributed by atoms with van der Waals surface area (Å²) in [5.41, 5.74) is 0.260. The van der Waals surface area contributed by atoms with Gasteiger partial charge in [0, 0.05) is 18.8 Å². The molecule has 4 saturated carbocycles. The fourth-order valence-corrected chi connectivity index (χ4v) is 8.86. The summed E-state index contributed by atoms with van der Waals surface area (Å²) in [6.45, 7) is 9.34. The van der Waals surface area contributed by atoms with E-state index in [2.05, 4.69) is 27.7 Å². The molecule has 3 unspecified atom stereocenters. The van der Waals surface area contributed by atoms with Gasteiger partial charge in [0.25, 0.3) is 0 Å². The first-order valence-electron chi connectivity index (χ1n) is 11.9. The van der Waals surface area contributed by atoms with Crippen molar-refractivity contribution in [2.75, 3.05) is 0 Å². The maximum Gasteiger partial charge on any atom is 0.303 e. The molecule has 4 heteroatoms. The molecule has 0 aromatic heterocycles. The zero-order valence-electron chi connectivity index (χ0n) is 18.7. The summed E-state index contributed by atoms with van der Waals surface area (Å²) >= 11 is 0. The predicted molar refractivity (Wildman–Crippen MR) is 112 cm³/mol. The molecule has 0 aliphatic heterocycles. The summed E-state index contributed by atoms with van der Waals surface area (Å²) in [6.07, 6.45) is 8.63. The van der Waals surface area contributed by atoms with Crippen LogP contribution in [0.1, 0.15) is 91.9 Å². The number of aliphatic hydroxyl groups excluding tert-OH is 1. The molecule has 0 aromatic carbocycles. The molecule has 29 heavy (non-hydrogen) atoms. The molecular formula is C25H40O4. The fraction of sp³-hybridized carbons (Fsp3) is 0.920. The van der Waals surface area contributed by atoms with Crippen molar-refractivity contribution in [3.8, 4) is 0 Å². The average molecular weight is 405 g/mol. The Morgan fingerprint density at radius 3 is 2.52 bits per heavy atom. The second-order valence-corrected chi connectivity index (χ2v) is 11.9. The van der Waals surface area contributed by atoms with Gasteiger partial charge in [0.05, 0.1) is 6.10 Å². The normalized spacial score (nSPS) is 50.4. The molecular weight excluding hydrogens is 364 g/mol. The number of aliphatic hydroxyl groups is 1. The maximum absolute atomic E-state index is 13.6. The van der Waals surface area contributed by atoms with Crippen molar-refractivity contribution in [1.29, 1.82) is 0 Å². The Balaban J connectivity index is 1.60. The Labute approximate surface area is 175 Å². The summed E-state index contributed by atoms with van der Waals surface area (Å²) in [7, 11) is 0. The SMILES string of the molecule is C[C@H](CCC(=O)O)[C@H]1CCC2C3C(=O)C[C@]4(C)C[C@H](O)CC[C@]4(C)C3CC[C@@]21C. The van der Waals surface area contributed by atoms with Crippen molar-refractivity contribution in [3.63, 3.8) is 0 Å². The van der Waals surface area contributed by atoms with Gasteiger partial charge in [-0.05, 0) is 91.3 Å². The number of rotatable bonds is 4. The van der Waals surface area contributed by atoms with E-state index in [0.29, 0.717) is 35.9 Å². The van der Waals surface area contributed by atoms with Crippen LogP contribution in [0.4, 0.5) is 0 Å². The summed E-state index contributed by atoms with van der Waals surface area (Å²) < 4.78 is 0. The van der Waals surface area contributed by atoms with Gasteiger partial charge in [-0.3, -0.25) is 9.59 Å². The number of carbonyl (C=O) groups is 2. The van der Waals surface area contributed by atoms with E-state index in [1.54, 1.807) is 0 Å². The highest BCUT2D eigenvalue weighted by Gasteiger charge is 2.66. The third kappa shape index (κ3) is 3.11. The molecule has 4 nitrogen and oxygen atoms in total. The van der Waals surface area contributed by atoms with Gasteiger partial charge in [-0.1, -0.05) is 27.7 Å². The van der Waals surface area contributed by atoms with Gasteiger partial charge in [-0.15, -0.1) is 0 Å². The minimum Gasteiger partial charge on any atom is -0.481 e. The first-order chi connectivity index (χ1) is 13.5. The number of Topliss-reactive ketones (excluding diaryl/α,β-unsaturated/α-hetero) is 1. The molecule has 0 aromatic rings. The molecule has 0 heterocycles. The third-order valence-corrected chi connectivity index (χ3v) is 10.7. The van der Waals surface area contributed by atoms with Crippen molar-refractivity contribution in [2.45, 2.75) is 98.0 Å². The minimum atomic E-state index is -0.700. The van der Waals surface area contributed by atoms with Crippen molar-refractivity contribution in [3.05, 3.63) is 0 Å². The molecule has 4 fully saturated rings. The maximum atomic E-state index is 13.6. The van der Waals surface area contributed by atoms with E-state index in [4.69, 9.17) is 5.11 Å². The number of ketones is 1. The quantitative estimate of drug-likeness (QED) is 0.685. The first kappa shape index (κ1) is 21.3. The number of carbonyl (C=O) groups excluding carboxylic acids is 1. The molecule has 0 radical (unpaired) electrons. The Morgan fingerprint density at radius 1 is 1.10 bits per heavy atom. The lowest BCUT2D eigenvalue weighted by molar-refractivity contribution is -0.181. The number of carboxylic acids is 1. The van der Waals surface area contributed by atoms with Crippen LogP contribution in [0.5, 0.6) is 0 Å². The van der Waals surface area contributed by atoms with E-state index in [1.807, 2.05) is 0 Å². The Bertz CT molecular complexity index is 688. The molecule has 0 spiro atoms. The lowest BCUT2D eigenvalue weighted by Crippen LogP contribution is -2.61. The lowest BCUT2D eigenvalue weighted by Gasteiger charge is -2.64. The Morgan fingerprint density at radius 2 is 1.83 bits per heavy atom. The van der Waals surface area contributed by atoms with Crippen LogP contribution in [0.3, 0.4) is 0 Å². The van der Waals surface area contributed by atoms with Crippen molar-refractivity contribution in [1.82, 2.24) is 0 Å². The minimum absolute atomic E-state index is 0.0660. The third-order valence-electron chi connectivity index (χ3n) is 10.7. The zero-order chi connectivity index (χ0) is 21.2. The molecule has 0 bridgehead atoms. The smallest absolute Gasteiger partial charge is 0.303 e. The van der Waals surface area contributed by atoms with Gasteiger partial charge in [0.1, 0.15) is 5.78 Å². The van der Waals surface area contributed by atoms with Crippen LogP contribution in [0, 0.1) is 45.8 Å². The van der Waals surface area contributed by atoms with Crippen LogP contribution >= 0.6 is 0 Å². The van der Waals surface area contributed by atoms with Gasteiger partial charge in [-0.2, -0.15) is 0 Å². The molecule has 2 N–H and O–H groups in total. The molecule has 4 aliphatic carbocycles. The first-order valence-corrected chi connectivity index (χ1v) is 11.9. The lowest BCUT2D eigenvalue weighted by atomic mass is 9.40. The van der Waals surface area contributed by atoms with Crippen LogP contribution in [0.15, 0.2) is 0 Å². The van der Waals surface area contributed by atoms with E-state index in [9.17, 15) is 14.7 Å². The number of hydrogen-bond acceptors (Lipinski definition) is 3. The zero-order valence-corrected chi connectivity index (χ0v) is 18.7. The summed E-state index contributed by atoms with van der Waals surface area (Å²) in [4.78, 5) is 24.6. The fourth-order valence-electron chi connectivity index (χ4n) is 8.86. The molecule has 164 valence electrons.